The normalized spacial score (nSPS) is 20.3. The van der Waals surface area contributed by atoms with Crippen LogP contribution in [0.1, 0.15) is 29.4 Å². The van der Waals surface area contributed by atoms with Crippen LogP contribution < -0.4 is 5.32 Å². The number of aliphatic hydroxyl groups is 1. The minimum Gasteiger partial charge on any atom is -0.457 e. The minimum atomic E-state index is -0.808. The highest BCUT2D eigenvalue weighted by Crippen LogP contribution is 2.47. The van der Waals surface area contributed by atoms with Gasteiger partial charge in [0.1, 0.15) is 18.0 Å². The van der Waals surface area contributed by atoms with E-state index in [9.17, 15) is 19.5 Å². The highest BCUT2D eigenvalue weighted by atomic mass is 16.5. The summed E-state index contributed by atoms with van der Waals surface area (Å²) in [7, 11) is 0. The Kier molecular flexibility index (Phi) is 5.87. The highest BCUT2D eigenvalue weighted by molar-refractivity contribution is 6.07. The Morgan fingerprint density at radius 1 is 1.31 bits per heavy atom. The first-order chi connectivity index (χ1) is 15.4. The average molecular weight is 433 g/mol. The number of amides is 2. The average Bonchev–Trinajstić information content (AvgIpc) is 3.13. The van der Waals surface area contributed by atoms with Crippen molar-refractivity contribution in [3.05, 3.63) is 78.3 Å². The van der Waals surface area contributed by atoms with Crippen molar-refractivity contribution in [1.29, 1.82) is 0 Å². The SMILES string of the molecule is C=CCOC(=O)C1=C(c2ccc(NC(=O)c3ccccn3)cc2)C[C@@H]2[C@@H]([C@@H](C)O)C(=O)N12. The van der Waals surface area contributed by atoms with Crippen LogP contribution in [0.2, 0.25) is 0 Å². The first kappa shape index (κ1) is 21.5. The number of esters is 1. The summed E-state index contributed by atoms with van der Waals surface area (Å²) in [4.78, 5) is 43.1. The number of aromatic nitrogens is 1. The second kappa shape index (κ2) is 8.76. The molecule has 2 aromatic rings. The predicted octanol–water partition coefficient (Wildman–Crippen LogP) is 2.39. The fourth-order valence-electron chi connectivity index (χ4n) is 4.17. The molecule has 32 heavy (non-hydrogen) atoms. The Labute approximate surface area is 185 Å². The van der Waals surface area contributed by atoms with Crippen LogP contribution in [-0.4, -0.2) is 51.5 Å². The standard InChI is InChI=1S/C24H23N3O5/c1-3-12-32-24(31)21-17(13-19-20(14(2)28)23(30)27(19)21)15-7-9-16(10-8-15)26-22(29)18-6-4-5-11-25-18/h3-11,14,19-20,28H,1,12-13H2,2H3,(H,26,29)/t14-,19-,20-/m1/s1. The van der Waals surface area contributed by atoms with E-state index >= 15 is 0 Å². The van der Waals surface area contributed by atoms with Crippen molar-refractivity contribution >= 4 is 29.0 Å². The Hall–Kier alpha value is -3.78. The molecule has 1 fully saturated rings. The van der Waals surface area contributed by atoms with Crippen LogP contribution in [0.25, 0.3) is 5.57 Å². The van der Waals surface area contributed by atoms with Gasteiger partial charge in [-0.25, -0.2) is 4.79 Å². The maximum Gasteiger partial charge on any atom is 0.355 e. The molecule has 0 spiro atoms. The van der Waals surface area contributed by atoms with Crippen LogP contribution in [0.3, 0.4) is 0 Å². The molecule has 8 nitrogen and oxygen atoms in total. The molecule has 3 heterocycles. The number of hydrogen-bond acceptors (Lipinski definition) is 6. The Bertz CT molecular complexity index is 1090. The molecule has 2 N–H and O–H groups in total. The molecule has 0 unspecified atom stereocenters. The molecule has 4 rings (SSSR count). The van der Waals surface area contributed by atoms with E-state index in [1.54, 1.807) is 55.6 Å². The number of hydrogen-bond donors (Lipinski definition) is 2. The van der Waals surface area contributed by atoms with Crippen LogP contribution in [0.5, 0.6) is 0 Å². The van der Waals surface area contributed by atoms with Crippen LogP contribution >= 0.6 is 0 Å². The summed E-state index contributed by atoms with van der Waals surface area (Å²) in [6, 6.07) is 11.8. The van der Waals surface area contributed by atoms with E-state index in [2.05, 4.69) is 16.9 Å². The van der Waals surface area contributed by atoms with E-state index in [-0.39, 0.29) is 30.2 Å². The first-order valence-corrected chi connectivity index (χ1v) is 10.3. The predicted molar refractivity (Wildman–Crippen MR) is 117 cm³/mol. The van der Waals surface area contributed by atoms with Gasteiger partial charge in [0, 0.05) is 11.9 Å². The summed E-state index contributed by atoms with van der Waals surface area (Å²) in [6.45, 7) is 5.15. The van der Waals surface area contributed by atoms with E-state index in [0.29, 0.717) is 23.4 Å². The number of pyridine rings is 1. The van der Waals surface area contributed by atoms with Crippen LogP contribution in [0.4, 0.5) is 5.69 Å². The van der Waals surface area contributed by atoms with E-state index in [1.807, 2.05) is 0 Å². The van der Waals surface area contributed by atoms with Crippen molar-refractivity contribution in [1.82, 2.24) is 9.88 Å². The summed E-state index contributed by atoms with van der Waals surface area (Å²) in [5.74, 6) is -1.77. The molecule has 2 aliphatic rings. The summed E-state index contributed by atoms with van der Waals surface area (Å²) < 4.78 is 5.21. The largest absolute Gasteiger partial charge is 0.457 e. The smallest absolute Gasteiger partial charge is 0.355 e. The fourth-order valence-corrected chi connectivity index (χ4v) is 4.17. The number of β-lactam (4-membered cyclic amide) rings is 1. The number of carbonyl (C=O) groups excluding carboxylic acids is 3. The van der Waals surface area contributed by atoms with Gasteiger partial charge in [-0.05, 0) is 48.7 Å². The number of fused-ring (bicyclic) bond motifs is 1. The number of aliphatic hydroxyl groups excluding tert-OH is 1. The minimum absolute atomic E-state index is 0.0284. The zero-order valence-corrected chi connectivity index (χ0v) is 17.5. The van der Waals surface area contributed by atoms with Crippen molar-refractivity contribution in [2.45, 2.75) is 25.5 Å². The Balaban J connectivity index is 1.59. The van der Waals surface area contributed by atoms with Crippen molar-refractivity contribution in [2.24, 2.45) is 5.92 Å². The zero-order chi connectivity index (χ0) is 22.8. The zero-order valence-electron chi connectivity index (χ0n) is 17.5. The molecular weight excluding hydrogens is 410 g/mol. The van der Waals surface area contributed by atoms with Gasteiger partial charge in [0.05, 0.1) is 18.1 Å². The quantitative estimate of drug-likeness (QED) is 0.394. The Morgan fingerprint density at radius 3 is 2.69 bits per heavy atom. The molecule has 2 amide bonds. The van der Waals surface area contributed by atoms with Gasteiger partial charge in [0.2, 0.25) is 5.91 Å². The molecule has 0 bridgehead atoms. The van der Waals surface area contributed by atoms with Gasteiger partial charge >= 0.3 is 5.97 Å². The number of benzene rings is 1. The lowest BCUT2D eigenvalue weighted by molar-refractivity contribution is -0.162. The number of nitrogens with zero attached hydrogens (tertiary/aromatic N) is 2. The fraction of sp³-hybridized carbons (Fsp3) is 0.250. The molecule has 8 heteroatoms. The van der Waals surface area contributed by atoms with Gasteiger partial charge in [-0.3, -0.25) is 14.6 Å². The highest BCUT2D eigenvalue weighted by Gasteiger charge is 2.57. The lowest BCUT2D eigenvalue weighted by atomic mass is 9.82. The molecule has 1 aromatic heterocycles. The van der Waals surface area contributed by atoms with Gasteiger partial charge in [-0.1, -0.05) is 30.9 Å². The third-order valence-electron chi connectivity index (χ3n) is 5.64. The molecule has 1 saturated heterocycles. The van der Waals surface area contributed by atoms with Crippen molar-refractivity contribution in [3.63, 3.8) is 0 Å². The summed E-state index contributed by atoms with van der Waals surface area (Å²) in [5, 5.41) is 12.8. The second-order valence-electron chi connectivity index (χ2n) is 7.71. The number of anilines is 1. The van der Waals surface area contributed by atoms with Crippen LogP contribution in [0.15, 0.2) is 67.0 Å². The third-order valence-corrected chi connectivity index (χ3v) is 5.64. The second-order valence-corrected chi connectivity index (χ2v) is 7.71. The van der Waals surface area contributed by atoms with Gasteiger partial charge in [-0.2, -0.15) is 0 Å². The maximum atomic E-state index is 12.7. The van der Waals surface area contributed by atoms with E-state index in [4.69, 9.17) is 4.74 Å². The topological polar surface area (TPSA) is 109 Å². The van der Waals surface area contributed by atoms with Crippen molar-refractivity contribution < 1.29 is 24.2 Å². The molecule has 3 atom stereocenters. The van der Waals surface area contributed by atoms with E-state index < -0.39 is 18.0 Å². The monoisotopic (exact) mass is 433 g/mol. The summed E-state index contributed by atoms with van der Waals surface area (Å²) in [6.07, 6.45) is 2.63. The molecule has 164 valence electrons. The summed E-state index contributed by atoms with van der Waals surface area (Å²) in [5.41, 5.74) is 2.47. The molecule has 1 aromatic carbocycles. The van der Waals surface area contributed by atoms with Crippen molar-refractivity contribution in [2.75, 3.05) is 11.9 Å². The van der Waals surface area contributed by atoms with Crippen LogP contribution in [0, 0.1) is 5.92 Å². The van der Waals surface area contributed by atoms with E-state index in [1.165, 1.54) is 11.0 Å². The number of nitrogens with one attached hydrogen (secondary N) is 1. The Morgan fingerprint density at radius 2 is 2.06 bits per heavy atom. The molecular formula is C24H23N3O5. The maximum absolute atomic E-state index is 12.7. The van der Waals surface area contributed by atoms with Gasteiger partial charge < -0.3 is 20.1 Å². The lowest BCUT2D eigenvalue weighted by Gasteiger charge is -2.44. The summed E-state index contributed by atoms with van der Waals surface area (Å²) >= 11 is 0. The van der Waals surface area contributed by atoms with Gasteiger partial charge in [-0.15, -0.1) is 0 Å². The van der Waals surface area contributed by atoms with Gasteiger partial charge in [0.25, 0.3) is 5.91 Å². The molecule has 2 aliphatic heterocycles. The molecule has 0 radical (unpaired) electrons. The lowest BCUT2D eigenvalue weighted by Crippen LogP contribution is -2.61. The van der Waals surface area contributed by atoms with Gasteiger partial charge in [0.15, 0.2) is 0 Å². The number of rotatable bonds is 7. The number of carbonyl (C=O) groups is 3. The van der Waals surface area contributed by atoms with Crippen LogP contribution in [-0.2, 0) is 14.3 Å². The first-order valence-electron chi connectivity index (χ1n) is 10.3. The molecule has 0 aliphatic carbocycles. The third kappa shape index (κ3) is 3.80. The molecule has 0 saturated carbocycles. The van der Waals surface area contributed by atoms with E-state index in [0.717, 1.165) is 5.56 Å². The number of ether oxygens (including phenoxy) is 1. The van der Waals surface area contributed by atoms with Crippen molar-refractivity contribution in [3.8, 4) is 0 Å².